The van der Waals surface area contributed by atoms with E-state index in [0.717, 1.165) is 24.3 Å². The van der Waals surface area contributed by atoms with Crippen LogP contribution in [0.15, 0.2) is 58.5 Å². The van der Waals surface area contributed by atoms with Gasteiger partial charge in [-0.25, -0.2) is 0 Å². The molecular weight excluding hydrogens is 316 g/mol. The molecule has 134 valence electrons. The SMILES string of the molecule is CC(C)[C@H]1Cc2ccccc2C(C2=N[C@@H](C(C)C)Cc3ccccc32)=N1. The van der Waals surface area contributed by atoms with Crippen LogP contribution in [-0.4, -0.2) is 23.5 Å². The molecule has 0 saturated heterocycles. The Balaban J connectivity index is 1.90. The first kappa shape index (κ1) is 17.2. The predicted octanol–water partition coefficient (Wildman–Crippen LogP) is 5.13. The van der Waals surface area contributed by atoms with Crippen molar-refractivity contribution >= 4 is 11.4 Å². The first-order valence-corrected chi connectivity index (χ1v) is 9.87. The molecule has 0 aliphatic carbocycles. The van der Waals surface area contributed by atoms with Crippen LogP contribution >= 0.6 is 0 Å². The fraction of sp³-hybridized carbons (Fsp3) is 0.417. The summed E-state index contributed by atoms with van der Waals surface area (Å²) in [6.07, 6.45) is 2.06. The molecule has 0 bridgehead atoms. The van der Waals surface area contributed by atoms with E-state index in [2.05, 4.69) is 76.2 Å². The zero-order valence-corrected chi connectivity index (χ0v) is 16.2. The highest BCUT2D eigenvalue weighted by atomic mass is 14.9. The Morgan fingerprint density at radius 1 is 0.654 bits per heavy atom. The van der Waals surface area contributed by atoms with E-state index in [1.54, 1.807) is 0 Å². The van der Waals surface area contributed by atoms with Gasteiger partial charge in [-0.05, 0) is 35.8 Å². The third-order valence-electron chi connectivity index (χ3n) is 5.76. The lowest BCUT2D eigenvalue weighted by atomic mass is 9.82. The van der Waals surface area contributed by atoms with Crippen LogP contribution in [0.4, 0.5) is 0 Å². The number of nitrogens with zero attached hydrogens (tertiary/aromatic N) is 2. The van der Waals surface area contributed by atoms with Gasteiger partial charge in [0, 0.05) is 11.1 Å². The third-order valence-corrected chi connectivity index (χ3v) is 5.76. The molecule has 2 heteroatoms. The van der Waals surface area contributed by atoms with Crippen LogP contribution in [0.5, 0.6) is 0 Å². The highest BCUT2D eigenvalue weighted by Gasteiger charge is 2.30. The Bertz CT molecular complexity index is 800. The molecule has 4 rings (SSSR count). The minimum absolute atomic E-state index is 0.328. The maximum absolute atomic E-state index is 5.22. The van der Waals surface area contributed by atoms with E-state index in [0.29, 0.717) is 23.9 Å². The van der Waals surface area contributed by atoms with Crippen molar-refractivity contribution in [3.05, 3.63) is 70.8 Å². The monoisotopic (exact) mass is 344 g/mol. The lowest BCUT2D eigenvalue weighted by Gasteiger charge is -2.31. The van der Waals surface area contributed by atoms with E-state index in [1.807, 2.05) is 0 Å². The summed E-state index contributed by atoms with van der Waals surface area (Å²) in [6.45, 7) is 9.08. The summed E-state index contributed by atoms with van der Waals surface area (Å²) in [5.74, 6) is 1.05. The maximum Gasteiger partial charge on any atom is 0.0911 e. The van der Waals surface area contributed by atoms with Gasteiger partial charge in [0.15, 0.2) is 0 Å². The Hall–Kier alpha value is -2.22. The number of benzene rings is 2. The molecule has 2 aliphatic heterocycles. The second-order valence-electron chi connectivity index (χ2n) is 8.30. The second kappa shape index (κ2) is 6.83. The van der Waals surface area contributed by atoms with Gasteiger partial charge >= 0.3 is 0 Å². The first-order valence-electron chi connectivity index (χ1n) is 9.87. The minimum Gasteiger partial charge on any atom is -0.279 e. The summed E-state index contributed by atoms with van der Waals surface area (Å²) in [5.41, 5.74) is 7.54. The maximum atomic E-state index is 5.22. The first-order chi connectivity index (χ1) is 12.5. The van der Waals surface area contributed by atoms with Crippen molar-refractivity contribution < 1.29 is 0 Å². The molecule has 2 aromatic rings. The summed E-state index contributed by atoms with van der Waals surface area (Å²) in [5, 5.41) is 0. The van der Waals surface area contributed by atoms with Gasteiger partial charge in [0.05, 0.1) is 23.5 Å². The van der Waals surface area contributed by atoms with Gasteiger partial charge in [0.2, 0.25) is 0 Å². The molecule has 0 N–H and O–H groups in total. The molecule has 2 aromatic carbocycles. The molecule has 0 amide bonds. The third kappa shape index (κ3) is 3.02. The molecule has 0 spiro atoms. The highest BCUT2D eigenvalue weighted by Crippen LogP contribution is 2.30. The minimum atomic E-state index is 0.328. The molecule has 0 fully saturated rings. The van der Waals surface area contributed by atoms with Crippen LogP contribution in [0.3, 0.4) is 0 Å². The summed E-state index contributed by atoms with van der Waals surface area (Å²) in [7, 11) is 0. The van der Waals surface area contributed by atoms with Gasteiger partial charge in [-0.15, -0.1) is 0 Å². The van der Waals surface area contributed by atoms with Gasteiger partial charge < -0.3 is 0 Å². The number of rotatable bonds is 3. The van der Waals surface area contributed by atoms with E-state index in [9.17, 15) is 0 Å². The van der Waals surface area contributed by atoms with E-state index in [-0.39, 0.29) is 0 Å². The zero-order chi connectivity index (χ0) is 18.3. The average Bonchev–Trinajstić information content (AvgIpc) is 2.66. The average molecular weight is 345 g/mol. The summed E-state index contributed by atoms with van der Waals surface area (Å²) < 4.78 is 0. The van der Waals surface area contributed by atoms with E-state index in [1.165, 1.54) is 22.3 Å². The molecule has 0 unspecified atom stereocenters. The fourth-order valence-electron chi connectivity index (χ4n) is 4.02. The molecular formula is C24H28N2. The molecule has 26 heavy (non-hydrogen) atoms. The topological polar surface area (TPSA) is 24.7 Å². The summed E-state index contributed by atoms with van der Waals surface area (Å²) in [4.78, 5) is 10.4. The van der Waals surface area contributed by atoms with Crippen LogP contribution < -0.4 is 0 Å². The van der Waals surface area contributed by atoms with Gasteiger partial charge in [0.1, 0.15) is 0 Å². The normalized spacial score (nSPS) is 21.9. The Kier molecular flexibility index (Phi) is 4.52. The molecule has 0 aromatic heterocycles. The molecule has 2 heterocycles. The van der Waals surface area contributed by atoms with Crippen LogP contribution in [0, 0.1) is 11.8 Å². The number of hydrogen-bond donors (Lipinski definition) is 0. The number of aliphatic imine (C=N–C) groups is 2. The van der Waals surface area contributed by atoms with Crippen LogP contribution in [0.2, 0.25) is 0 Å². The predicted molar refractivity (Wildman–Crippen MR) is 111 cm³/mol. The molecule has 2 aliphatic rings. The number of fused-ring (bicyclic) bond motifs is 2. The quantitative estimate of drug-likeness (QED) is 0.738. The van der Waals surface area contributed by atoms with Crippen LogP contribution in [0.1, 0.15) is 49.9 Å². The Morgan fingerprint density at radius 2 is 1.04 bits per heavy atom. The van der Waals surface area contributed by atoms with Crippen molar-refractivity contribution in [3.8, 4) is 0 Å². The fourth-order valence-corrected chi connectivity index (χ4v) is 4.02. The van der Waals surface area contributed by atoms with E-state index >= 15 is 0 Å². The second-order valence-corrected chi connectivity index (χ2v) is 8.30. The van der Waals surface area contributed by atoms with Gasteiger partial charge in [0.25, 0.3) is 0 Å². The number of hydrogen-bond acceptors (Lipinski definition) is 2. The summed E-state index contributed by atoms with van der Waals surface area (Å²) >= 11 is 0. The smallest absolute Gasteiger partial charge is 0.0911 e. The van der Waals surface area contributed by atoms with Gasteiger partial charge in [-0.2, -0.15) is 0 Å². The lowest BCUT2D eigenvalue weighted by molar-refractivity contribution is 0.485. The van der Waals surface area contributed by atoms with Gasteiger partial charge in [-0.3, -0.25) is 9.98 Å². The molecule has 0 radical (unpaired) electrons. The van der Waals surface area contributed by atoms with Gasteiger partial charge in [-0.1, -0.05) is 76.2 Å². The largest absolute Gasteiger partial charge is 0.279 e. The van der Waals surface area contributed by atoms with Crippen molar-refractivity contribution in [1.29, 1.82) is 0 Å². The van der Waals surface area contributed by atoms with Crippen LogP contribution in [-0.2, 0) is 12.8 Å². The van der Waals surface area contributed by atoms with Crippen molar-refractivity contribution in [3.63, 3.8) is 0 Å². The Labute approximate surface area is 157 Å². The van der Waals surface area contributed by atoms with Crippen molar-refractivity contribution in [2.75, 3.05) is 0 Å². The molecule has 2 nitrogen and oxygen atoms in total. The standard InChI is InChI=1S/C24H28N2/c1-15(2)21-13-17-9-5-7-11-19(17)23(25-21)24-20-12-8-6-10-18(20)14-22(26-24)16(3)4/h5-12,15-16,21-22H,13-14H2,1-4H3/t21-,22-/m1/s1. The van der Waals surface area contributed by atoms with E-state index in [4.69, 9.17) is 9.98 Å². The lowest BCUT2D eigenvalue weighted by Crippen LogP contribution is -2.34. The van der Waals surface area contributed by atoms with Crippen molar-refractivity contribution in [2.24, 2.45) is 21.8 Å². The van der Waals surface area contributed by atoms with Crippen molar-refractivity contribution in [2.45, 2.75) is 52.6 Å². The van der Waals surface area contributed by atoms with E-state index < -0.39 is 0 Å². The molecule has 0 saturated carbocycles. The van der Waals surface area contributed by atoms with Crippen molar-refractivity contribution in [1.82, 2.24) is 0 Å². The zero-order valence-electron chi connectivity index (χ0n) is 16.2. The Morgan fingerprint density at radius 3 is 1.42 bits per heavy atom. The highest BCUT2D eigenvalue weighted by molar-refractivity contribution is 6.54. The molecule has 2 atom stereocenters. The summed E-state index contributed by atoms with van der Waals surface area (Å²) in [6, 6.07) is 18.1. The van der Waals surface area contributed by atoms with Crippen LogP contribution in [0.25, 0.3) is 0 Å².